The molecule has 0 radical (unpaired) electrons. The standard InChI is InChI=1S/C18H18FN3O5S/c1-11-18(24)21-15-9-13(5-8-16(15)27-11)20-17(23)10-22(2)28(25,26)14-6-3-12(19)4-7-14/h3-9,11H,10H2,1-2H3,(H,20,23)(H,21,24). The molecule has 0 aliphatic carbocycles. The lowest BCUT2D eigenvalue weighted by molar-refractivity contribution is -0.122. The number of likely N-dealkylation sites (N-methyl/N-ethyl adjacent to an activating group) is 1. The van der Waals surface area contributed by atoms with Gasteiger partial charge in [0.15, 0.2) is 6.10 Å². The van der Waals surface area contributed by atoms with Crippen LogP contribution in [0.1, 0.15) is 6.92 Å². The van der Waals surface area contributed by atoms with Gasteiger partial charge in [-0.3, -0.25) is 9.59 Å². The van der Waals surface area contributed by atoms with Gasteiger partial charge in [-0.2, -0.15) is 4.31 Å². The second kappa shape index (κ2) is 7.56. The smallest absolute Gasteiger partial charge is 0.265 e. The van der Waals surface area contributed by atoms with Gasteiger partial charge >= 0.3 is 0 Å². The van der Waals surface area contributed by atoms with Crippen LogP contribution in [0.3, 0.4) is 0 Å². The summed E-state index contributed by atoms with van der Waals surface area (Å²) in [5.74, 6) is -0.969. The molecule has 2 N–H and O–H groups in total. The van der Waals surface area contributed by atoms with Crippen molar-refractivity contribution in [2.75, 3.05) is 24.2 Å². The normalized spacial score (nSPS) is 16.1. The number of rotatable bonds is 5. The summed E-state index contributed by atoms with van der Waals surface area (Å²) in [7, 11) is -2.69. The molecule has 2 amide bonds. The molecule has 148 valence electrons. The molecule has 1 aliphatic heterocycles. The Balaban J connectivity index is 1.68. The summed E-state index contributed by atoms with van der Waals surface area (Å²) in [6.07, 6.45) is -0.613. The average molecular weight is 407 g/mol. The van der Waals surface area contributed by atoms with Crippen molar-refractivity contribution in [3.05, 3.63) is 48.3 Å². The highest BCUT2D eigenvalue weighted by atomic mass is 32.2. The van der Waals surface area contributed by atoms with E-state index in [1.807, 2.05) is 0 Å². The van der Waals surface area contributed by atoms with Gasteiger partial charge in [0.2, 0.25) is 15.9 Å². The Labute approximate surface area is 161 Å². The molecule has 0 fully saturated rings. The number of anilines is 2. The summed E-state index contributed by atoms with van der Waals surface area (Å²) < 4.78 is 44.2. The van der Waals surface area contributed by atoms with E-state index >= 15 is 0 Å². The molecule has 2 aromatic rings. The molecule has 2 aromatic carbocycles. The topological polar surface area (TPSA) is 105 Å². The number of nitrogens with one attached hydrogen (secondary N) is 2. The number of hydrogen-bond acceptors (Lipinski definition) is 5. The summed E-state index contributed by atoms with van der Waals surface area (Å²) in [6.45, 7) is 1.17. The van der Waals surface area contributed by atoms with E-state index in [1.165, 1.54) is 13.1 Å². The Kier molecular flexibility index (Phi) is 5.34. The Hall–Kier alpha value is -2.98. The maximum atomic E-state index is 13.0. The number of hydrogen-bond donors (Lipinski definition) is 2. The van der Waals surface area contributed by atoms with Gasteiger partial charge in [0.1, 0.15) is 11.6 Å². The first kappa shape index (κ1) is 19.8. The second-order valence-corrected chi connectivity index (χ2v) is 8.27. The lowest BCUT2D eigenvalue weighted by Crippen LogP contribution is -2.35. The van der Waals surface area contributed by atoms with Crippen LogP contribution in [0.25, 0.3) is 0 Å². The molecule has 8 nitrogen and oxygen atoms in total. The van der Waals surface area contributed by atoms with Gasteiger partial charge < -0.3 is 15.4 Å². The van der Waals surface area contributed by atoms with E-state index in [4.69, 9.17) is 4.74 Å². The third-order valence-corrected chi connectivity index (χ3v) is 5.90. The summed E-state index contributed by atoms with van der Waals surface area (Å²) in [4.78, 5) is 23.8. The molecule has 0 spiro atoms. The van der Waals surface area contributed by atoms with Gasteiger partial charge in [0.25, 0.3) is 5.91 Å². The van der Waals surface area contributed by atoms with E-state index in [9.17, 15) is 22.4 Å². The molecule has 0 saturated heterocycles. The van der Waals surface area contributed by atoms with Gasteiger partial charge in [-0.05, 0) is 49.4 Å². The van der Waals surface area contributed by atoms with Crippen LogP contribution in [0.4, 0.5) is 15.8 Å². The highest BCUT2D eigenvalue weighted by molar-refractivity contribution is 7.89. The summed E-state index contributed by atoms with van der Waals surface area (Å²) in [5, 5.41) is 5.23. The highest BCUT2D eigenvalue weighted by Crippen LogP contribution is 2.32. The van der Waals surface area contributed by atoms with Crippen LogP contribution in [-0.4, -0.2) is 44.2 Å². The van der Waals surface area contributed by atoms with E-state index in [0.29, 0.717) is 17.1 Å². The minimum atomic E-state index is -3.94. The van der Waals surface area contributed by atoms with Crippen LogP contribution in [-0.2, 0) is 19.6 Å². The number of sulfonamides is 1. The van der Waals surface area contributed by atoms with Crippen LogP contribution in [0, 0.1) is 5.82 Å². The Morgan fingerprint density at radius 3 is 2.61 bits per heavy atom. The van der Waals surface area contributed by atoms with Gasteiger partial charge in [0, 0.05) is 12.7 Å². The minimum Gasteiger partial charge on any atom is -0.479 e. The van der Waals surface area contributed by atoms with Crippen molar-refractivity contribution in [2.45, 2.75) is 17.9 Å². The van der Waals surface area contributed by atoms with Crippen molar-refractivity contribution in [3.8, 4) is 5.75 Å². The number of amides is 2. The van der Waals surface area contributed by atoms with Crippen molar-refractivity contribution in [1.29, 1.82) is 0 Å². The van der Waals surface area contributed by atoms with Crippen molar-refractivity contribution in [2.24, 2.45) is 0 Å². The maximum Gasteiger partial charge on any atom is 0.265 e. The zero-order valence-corrected chi connectivity index (χ0v) is 15.9. The molecule has 0 saturated carbocycles. The van der Waals surface area contributed by atoms with Gasteiger partial charge in [-0.15, -0.1) is 0 Å². The molecule has 1 unspecified atom stereocenters. The first-order valence-corrected chi connectivity index (χ1v) is 9.74. The molecule has 0 bridgehead atoms. The number of ether oxygens (including phenoxy) is 1. The van der Waals surface area contributed by atoms with E-state index < -0.39 is 34.4 Å². The number of fused-ring (bicyclic) bond motifs is 1. The molecule has 10 heteroatoms. The van der Waals surface area contributed by atoms with Crippen molar-refractivity contribution < 1.29 is 27.1 Å². The molecule has 1 heterocycles. The number of halogens is 1. The van der Waals surface area contributed by atoms with Crippen molar-refractivity contribution >= 4 is 33.2 Å². The van der Waals surface area contributed by atoms with Gasteiger partial charge in [0.05, 0.1) is 17.1 Å². The Morgan fingerprint density at radius 2 is 1.93 bits per heavy atom. The first-order valence-electron chi connectivity index (χ1n) is 8.30. The number of carbonyl (C=O) groups excluding carboxylic acids is 2. The minimum absolute atomic E-state index is 0.119. The zero-order chi connectivity index (χ0) is 20.5. The number of carbonyl (C=O) groups is 2. The second-order valence-electron chi connectivity index (χ2n) is 6.22. The quantitative estimate of drug-likeness (QED) is 0.787. The SMILES string of the molecule is CC1Oc2ccc(NC(=O)CN(C)S(=O)(=O)c3ccc(F)cc3)cc2NC1=O. The fourth-order valence-electron chi connectivity index (χ4n) is 2.56. The fourth-order valence-corrected chi connectivity index (χ4v) is 3.69. The summed E-state index contributed by atoms with van der Waals surface area (Å²) >= 11 is 0. The Morgan fingerprint density at radius 1 is 1.25 bits per heavy atom. The molecule has 0 aromatic heterocycles. The molecular weight excluding hydrogens is 389 g/mol. The van der Waals surface area contributed by atoms with E-state index in [2.05, 4.69) is 10.6 Å². The predicted octanol–water partition coefficient (Wildman–Crippen LogP) is 1.80. The van der Waals surface area contributed by atoms with Gasteiger partial charge in [-0.25, -0.2) is 12.8 Å². The lowest BCUT2D eigenvalue weighted by atomic mass is 10.2. The van der Waals surface area contributed by atoms with Crippen LogP contribution >= 0.6 is 0 Å². The third kappa shape index (κ3) is 4.12. The van der Waals surface area contributed by atoms with Crippen LogP contribution < -0.4 is 15.4 Å². The highest BCUT2D eigenvalue weighted by Gasteiger charge is 2.25. The number of nitrogens with zero attached hydrogens (tertiary/aromatic N) is 1. The lowest BCUT2D eigenvalue weighted by Gasteiger charge is -2.24. The van der Waals surface area contributed by atoms with E-state index in [1.54, 1.807) is 19.1 Å². The molecule has 1 atom stereocenters. The predicted molar refractivity (Wildman–Crippen MR) is 100 cm³/mol. The molecule has 1 aliphatic rings. The van der Waals surface area contributed by atoms with Crippen LogP contribution in [0.2, 0.25) is 0 Å². The summed E-state index contributed by atoms with van der Waals surface area (Å²) in [6, 6.07) is 9.02. The van der Waals surface area contributed by atoms with Crippen LogP contribution in [0.15, 0.2) is 47.4 Å². The van der Waals surface area contributed by atoms with E-state index in [0.717, 1.165) is 28.6 Å². The largest absolute Gasteiger partial charge is 0.479 e. The first-order chi connectivity index (χ1) is 13.2. The van der Waals surface area contributed by atoms with Crippen molar-refractivity contribution in [1.82, 2.24) is 4.31 Å². The van der Waals surface area contributed by atoms with Crippen LogP contribution in [0.5, 0.6) is 5.75 Å². The zero-order valence-electron chi connectivity index (χ0n) is 15.1. The monoisotopic (exact) mass is 407 g/mol. The fraction of sp³-hybridized carbons (Fsp3) is 0.222. The third-order valence-electron chi connectivity index (χ3n) is 4.08. The Bertz CT molecular complexity index is 1020. The maximum absolute atomic E-state index is 13.0. The summed E-state index contributed by atoms with van der Waals surface area (Å²) in [5.41, 5.74) is 0.781. The molecular formula is C18H18FN3O5S. The van der Waals surface area contributed by atoms with E-state index in [-0.39, 0.29) is 10.8 Å². The van der Waals surface area contributed by atoms with Crippen molar-refractivity contribution in [3.63, 3.8) is 0 Å². The molecule has 28 heavy (non-hydrogen) atoms. The number of benzene rings is 2. The molecule has 3 rings (SSSR count). The van der Waals surface area contributed by atoms with Gasteiger partial charge in [-0.1, -0.05) is 0 Å². The average Bonchev–Trinajstić information content (AvgIpc) is 2.63.